The van der Waals surface area contributed by atoms with Crippen molar-refractivity contribution in [2.45, 2.75) is 80.8 Å². The van der Waals surface area contributed by atoms with E-state index in [1.807, 2.05) is 25.7 Å². The molecular formula is C24H28F2N8O2S2. The molecule has 6 rings (SSSR count). The SMILES string of the molecule is CC1(C)CN(c2cc(S(=O)(=O)NC3(C)CC3)cn3c(-c4nnc(C(F)F)s4)c(C4CC4)nc23)CC(C#N)N1. The molecule has 14 heteroatoms. The van der Waals surface area contributed by atoms with Gasteiger partial charge >= 0.3 is 0 Å². The Morgan fingerprint density at radius 1 is 1.26 bits per heavy atom. The van der Waals surface area contributed by atoms with Crippen LogP contribution >= 0.6 is 11.3 Å². The van der Waals surface area contributed by atoms with Gasteiger partial charge in [-0.15, -0.1) is 10.2 Å². The Morgan fingerprint density at radius 2 is 2.00 bits per heavy atom. The van der Waals surface area contributed by atoms with Crippen LogP contribution in [0, 0.1) is 11.3 Å². The number of hydrogen-bond acceptors (Lipinski definition) is 9. The third-order valence-corrected chi connectivity index (χ3v) is 9.78. The van der Waals surface area contributed by atoms with Crippen molar-refractivity contribution in [2.75, 3.05) is 18.0 Å². The van der Waals surface area contributed by atoms with E-state index in [0.29, 0.717) is 35.8 Å². The van der Waals surface area contributed by atoms with E-state index in [1.165, 1.54) is 6.20 Å². The van der Waals surface area contributed by atoms with Crippen LogP contribution in [0.25, 0.3) is 16.3 Å². The summed E-state index contributed by atoms with van der Waals surface area (Å²) in [4.78, 5) is 6.96. The van der Waals surface area contributed by atoms with Gasteiger partial charge in [0, 0.05) is 36.3 Å². The van der Waals surface area contributed by atoms with Gasteiger partial charge < -0.3 is 4.90 Å². The number of alkyl halides is 2. The van der Waals surface area contributed by atoms with Crippen molar-refractivity contribution >= 4 is 32.7 Å². The van der Waals surface area contributed by atoms with E-state index in [4.69, 9.17) is 4.98 Å². The normalized spacial score (nSPS) is 22.7. The number of imidazole rings is 1. The molecule has 3 aromatic rings. The summed E-state index contributed by atoms with van der Waals surface area (Å²) in [5.41, 5.74) is 1.35. The van der Waals surface area contributed by atoms with Gasteiger partial charge in [-0.1, -0.05) is 11.3 Å². The first-order valence-corrected chi connectivity index (χ1v) is 14.8. The predicted molar refractivity (Wildman–Crippen MR) is 138 cm³/mol. The first kappa shape index (κ1) is 25.5. The maximum atomic E-state index is 13.6. The third-order valence-electron chi connectivity index (χ3n) is 7.24. The molecule has 0 amide bonds. The van der Waals surface area contributed by atoms with Crippen LogP contribution in [0.5, 0.6) is 0 Å². The standard InChI is InChI=1S/C24H28F2N8O2S2/c1-23(2)12-33(10-14(9-27)29-23)16-8-15(38(35,36)32-24(3)6-7-24)11-34-18(17(13-4-5-13)28-20(16)34)21-30-31-22(37-21)19(25)26/h8,11,13-14,19,29,32H,4-7,10,12H2,1-3H3. The quantitative estimate of drug-likeness (QED) is 0.447. The average Bonchev–Trinajstić information content (AvgIpc) is 3.72. The van der Waals surface area contributed by atoms with Crippen LogP contribution in [0.3, 0.4) is 0 Å². The summed E-state index contributed by atoms with van der Waals surface area (Å²) in [6, 6.07) is 3.41. The minimum Gasteiger partial charge on any atom is -0.364 e. The molecule has 3 fully saturated rings. The minimum absolute atomic E-state index is 0.0394. The van der Waals surface area contributed by atoms with Crippen molar-refractivity contribution in [3.05, 3.63) is 23.0 Å². The molecule has 3 aliphatic rings. The zero-order valence-corrected chi connectivity index (χ0v) is 22.8. The first-order chi connectivity index (χ1) is 17.9. The second-order valence-corrected chi connectivity index (χ2v) is 14.1. The molecule has 1 unspecified atom stereocenters. The number of nitrogens with one attached hydrogen (secondary N) is 2. The second-order valence-electron chi connectivity index (χ2n) is 11.4. The molecule has 0 spiro atoms. The molecule has 1 aliphatic heterocycles. The summed E-state index contributed by atoms with van der Waals surface area (Å²) >= 11 is 0.787. The van der Waals surface area contributed by atoms with Crippen LogP contribution in [0.1, 0.15) is 69.5 Å². The van der Waals surface area contributed by atoms with Gasteiger partial charge in [-0.2, -0.15) is 5.26 Å². The molecule has 1 atom stereocenters. The van der Waals surface area contributed by atoms with Gasteiger partial charge in [0.15, 0.2) is 15.7 Å². The number of nitrogens with zero attached hydrogens (tertiary/aromatic N) is 6. The highest BCUT2D eigenvalue weighted by atomic mass is 32.2. The average molecular weight is 563 g/mol. The molecule has 4 heterocycles. The lowest BCUT2D eigenvalue weighted by atomic mass is 9.98. The number of pyridine rings is 1. The largest absolute Gasteiger partial charge is 0.364 e. The Kier molecular flexibility index (Phi) is 5.81. The summed E-state index contributed by atoms with van der Waals surface area (Å²) in [5.74, 6) is 0.131. The van der Waals surface area contributed by atoms with Crippen molar-refractivity contribution in [2.24, 2.45) is 0 Å². The highest BCUT2D eigenvalue weighted by Gasteiger charge is 2.42. The van der Waals surface area contributed by atoms with Crippen molar-refractivity contribution in [1.29, 1.82) is 5.26 Å². The predicted octanol–water partition coefficient (Wildman–Crippen LogP) is 3.58. The van der Waals surface area contributed by atoms with Gasteiger partial charge in [-0.05, 0) is 52.5 Å². The molecule has 2 aliphatic carbocycles. The Hall–Kier alpha value is -2.73. The number of halogens is 2. The minimum atomic E-state index is -3.92. The fourth-order valence-electron chi connectivity index (χ4n) is 5.03. The highest BCUT2D eigenvalue weighted by molar-refractivity contribution is 7.89. The molecule has 0 radical (unpaired) electrons. The van der Waals surface area contributed by atoms with E-state index in [0.717, 1.165) is 37.0 Å². The number of fused-ring (bicyclic) bond motifs is 1. The van der Waals surface area contributed by atoms with E-state index in [9.17, 15) is 22.5 Å². The zero-order valence-electron chi connectivity index (χ0n) is 21.2. The maximum absolute atomic E-state index is 13.6. The number of piperazine rings is 1. The number of nitriles is 1. The molecule has 2 N–H and O–H groups in total. The summed E-state index contributed by atoms with van der Waals surface area (Å²) in [7, 11) is -3.92. The first-order valence-electron chi connectivity index (χ1n) is 12.5. The van der Waals surface area contributed by atoms with Crippen LogP contribution in [-0.4, -0.2) is 58.2 Å². The van der Waals surface area contributed by atoms with Gasteiger partial charge in [0.05, 0.1) is 17.5 Å². The van der Waals surface area contributed by atoms with Gasteiger partial charge in [0.25, 0.3) is 6.43 Å². The van der Waals surface area contributed by atoms with Crippen LogP contribution in [0.4, 0.5) is 14.5 Å². The van der Waals surface area contributed by atoms with E-state index < -0.39 is 38.6 Å². The Balaban J connectivity index is 1.58. The topological polar surface area (TPSA) is 128 Å². The van der Waals surface area contributed by atoms with Gasteiger partial charge in [-0.3, -0.25) is 9.72 Å². The van der Waals surface area contributed by atoms with E-state index in [1.54, 1.807) is 10.5 Å². The van der Waals surface area contributed by atoms with E-state index in [2.05, 4.69) is 26.3 Å². The fourth-order valence-corrected chi connectivity index (χ4v) is 7.26. The fraction of sp³-hybridized carbons (Fsp3) is 0.583. The van der Waals surface area contributed by atoms with E-state index >= 15 is 0 Å². The number of hydrogen-bond donors (Lipinski definition) is 2. The number of rotatable bonds is 7. The van der Waals surface area contributed by atoms with Crippen LogP contribution < -0.4 is 14.9 Å². The summed E-state index contributed by atoms with van der Waals surface area (Å²) < 4.78 is 58.4. The smallest absolute Gasteiger partial charge is 0.291 e. The monoisotopic (exact) mass is 562 g/mol. The molecule has 1 saturated heterocycles. The maximum Gasteiger partial charge on any atom is 0.291 e. The zero-order chi connectivity index (χ0) is 27.0. The van der Waals surface area contributed by atoms with Crippen LogP contribution in [0.15, 0.2) is 17.2 Å². The summed E-state index contributed by atoms with van der Waals surface area (Å²) in [6.45, 7) is 6.67. The summed E-state index contributed by atoms with van der Waals surface area (Å²) in [6.07, 6.45) is 2.04. The molecule has 202 valence electrons. The highest BCUT2D eigenvalue weighted by Crippen LogP contribution is 2.46. The Bertz CT molecular complexity index is 1570. The molecule has 3 aromatic heterocycles. The number of aromatic nitrogens is 4. The van der Waals surface area contributed by atoms with Crippen molar-refractivity contribution in [3.63, 3.8) is 0 Å². The number of sulfonamides is 1. The van der Waals surface area contributed by atoms with E-state index in [-0.39, 0.29) is 15.8 Å². The van der Waals surface area contributed by atoms with Gasteiger partial charge in [-0.25, -0.2) is 26.9 Å². The molecule has 2 saturated carbocycles. The Labute approximate surface area is 223 Å². The second kappa shape index (κ2) is 8.64. The molecular weight excluding hydrogens is 534 g/mol. The van der Waals surface area contributed by atoms with Crippen LogP contribution in [0.2, 0.25) is 0 Å². The third kappa shape index (κ3) is 4.66. The van der Waals surface area contributed by atoms with Gasteiger partial charge in [0.1, 0.15) is 16.6 Å². The van der Waals surface area contributed by atoms with Crippen molar-refractivity contribution in [1.82, 2.24) is 29.6 Å². The van der Waals surface area contributed by atoms with Crippen molar-refractivity contribution < 1.29 is 17.2 Å². The molecule has 10 nitrogen and oxygen atoms in total. The molecule has 38 heavy (non-hydrogen) atoms. The van der Waals surface area contributed by atoms with Crippen LogP contribution in [-0.2, 0) is 10.0 Å². The lowest BCUT2D eigenvalue weighted by Gasteiger charge is -2.42. The molecule has 0 aromatic carbocycles. The lowest BCUT2D eigenvalue weighted by molar-refractivity contribution is 0.150. The number of anilines is 1. The lowest BCUT2D eigenvalue weighted by Crippen LogP contribution is -2.61. The van der Waals surface area contributed by atoms with Gasteiger partial charge in [0.2, 0.25) is 10.0 Å². The van der Waals surface area contributed by atoms with Crippen molar-refractivity contribution in [3.8, 4) is 16.8 Å². The Morgan fingerprint density at radius 3 is 2.61 bits per heavy atom. The molecule has 0 bridgehead atoms. The summed E-state index contributed by atoms with van der Waals surface area (Å²) in [5, 5.41) is 20.6.